The molecular weight excluding hydrogens is 453 g/mol. The minimum Gasteiger partial charge on any atom is -0.459 e. The number of ketones is 1. The molecule has 10 nitrogen and oxygen atoms in total. The Balaban J connectivity index is 2.79. The van der Waals surface area contributed by atoms with E-state index in [-0.39, 0.29) is 11.3 Å². The number of carbonyl (C=O) groups is 4. The van der Waals surface area contributed by atoms with Crippen LogP contribution >= 0.6 is 7.60 Å². The minimum absolute atomic E-state index is 0.0312. The average molecular weight is 483 g/mol. The number of ether oxygens (including phenoxy) is 2. The van der Waals surface area contributed by atoms with Crippen molar-refractivity contribution in [1.82, 2.24) is 0 Å². The first-order valence-electron chi connectivity index (χ1n) is 10.2. The highest BCUT2D eigenvalue weighted by Crippen LogP contribution is 2.55. The Labute approximate surface area is 193 Å². The number of Topliss-reactive ketones (excluding diaryl/α,β-unsaturated/α-hetero) is 1. The van der Waals surface area contributed by atoms with Gasteiger partial charge in [-0.1, -0.05) is 12.1 Å². The molecule has 0 aromatic heterocycles. The van der Waals surface area contributed by atoms with Crippen molar-refractivity contribution in [3.8, 4) is 0 Å². The molecule has 1 aliphatic rings. The van der Waals surface area contributed by atoms with E-state index in [0.29, 0.717) is 0 Å². The third-order valence-corrected chi connectivity index (χ3v) is 6.74. The van der Waals surface area contributed by atoms with E-state index in [4.69, 9.17) is 18.5 Å². The number of amides is 1. The highest BCUT2D eigenvalue weighted by molar-refractivity contribution is 7.55. The van der Waals surface area contributed by atoms with E-state index in [1.807, 2.05) is 0 Å². The van der Waals surface area contributed by atoms with Gasteiger partial charge < -0.3 is 18.5 Å². The molecule has 2 atom stereocenters. The van der Waals surface area contributed by atoms with Crippen LogP contribution in [0.15, 0.2) is 24.3 Å². The van der Waals surface area contributed by atoms with Crippen LogP contribution in [-0.4, -0.2) is 60.8 Å². The zero-order valence-electron chi connectivity index (χ0n) is 20.0. The molecule has 0 bridgehead atoms. The lowest BCUT2D eigenvalue weighted by Crippen LogP contribution is -2.56. The van der Waals surface area contributed by atoms with Crippen LogP contribution in [0.1, 0.15) is 51.9 Å². The fourth-order valence-electron chi connectivity index (χ4n) is 3.32. The molecule has 0 spiro atoms. The van der Waals surface area contributed by atoms with Crippen molar-refractivity contribution in [2.24, 2.45) is 0 Å². The SMILES string of the molecule is COP(=O)(OC)C(C(=O)OC(C)(C)C)C(C(=O)OC(C)(C)C)N1C(=O)C(=O)c2ccccc21. The van der Waals surface area contributed by atoms with Crippen LogP contribution in [0.25, 0.3) is 0 Å². The molecular formula is C22H30NO9P. The second-order valence-electron chi connectivity index (χ2n) is 9.38. The van der Waals surface area contributed by atoms with Gasteiger partial charge in [0.1, 0.15) is 11.2 Å². The van der Waals surface area contributed by atoms with E-state index in [0.717, 1.165) is 19.1 Å². The molecule has 1 aromatic carbocycles. The summed E-state index contributed by atoms with van der Waals surface area (Å²) >= 11 is 0. The molecule has 2 unspecified atom stereocenters. The lowest BCUT2D eigenvalue weighted by molar-refractivity contribution is -0.164. The van der Waals surface area contributed by atoms with Crippen molar-refractivity contribution in [1.29, 1.82) is 0 Å². The maximum atomic E-state index is 13.6. The zero-order chi connectivity index (χ0) is 25.4. The van der Waals surface area contributed by atoms with Crippen LogP contribution in [-0.2, 0) is 37.5 Å². The Morgan fingerprint density at radius 1 is 0.879 bits per heavy atom. The third-order valence-electron chi connectivity index (χ3n) is 4.54. The summed E-state index contributed by atoms with van der Waals surface area (Å²) < 4.78 is 34.6. The fraction of sp³-hybridized carbons (Fsp3) is 0.545. The molecule has 0 fully saturated rings. The number of hydrogen-bond donors (Lipinski definition) is 0. The van der Waals surface area contributed by atoms with Gasteiger partial charge in [0.2, 0.25) is 0 Å². The van der Waals surface area contributed by atoms with Gasteiger partial charge in [0.05, 0.1) is 11.3 Å². The van der Waals surface area contributed by atoms with Crippen LogP contribution in [0.2, 0.25) is 0 Å². The van der Waals surface area contributed by atoms with Crippen molar-refractivity contribution in [2.45, 2.75) is 64.4 Å². The average Bonchev–Trinajstić information content (AvgIpc) is 2.93. The number of carbonyl (C=O) groups excluding carboxylic acids is 4. The molecule has 1 aliphatic heterocycles. The van der Waals surface area contributed by atoms with Gasteiger partial charge in [-0.2, -0.15) is 0 Å². The molecule has 182 valence electrons. The van der Waals surface area contributed by atoms with Crippen LogP contribution in [0.4, 0.5) is 5.69 Å². The summed E-state index contributed by atoms with van der Waals surface area (Å²) in [5, 5.41) is 0. The molecule has 0 aliphatic carbocycles. The molecule has 1 aromatic rings. The third kappa shape index (κ3) is 5.69. The number of hydrogen-bond acceptors (Lipinski definition) is 9. The number of esters is 2. The van der Waals surface area contributed by atoms with Gasteiger partial charge in [0.15, 0.2) is 11.7 Å². The summed E-state index contributed by atoms with van der Waals surface area (Å²) in [5.74, 6) is -4.16. The van der Waals surface area contributed by atoms with Gasteiger partial charge in [-0.05, 0) is 53.7 Å². The van der Waals surface area contributed by atoms with E-state index >= 15 is 0 Å². The molecule has 0 saturated heterocycles. The smallest absolute Gasteiger partial charge is 0.347 e. The lowest BCUT2D eigenvalue weighted by Gasteiger charge is -2.36. The summed E-state index contributed by atoms with van der Waals surface area (Å²) in [6, 6.07) is 4.09. The maximum Gasteiger partial charge on any atom is 0.347 e. The van der Waals surface area contributed by atoms with E-state index in [1.54, 1.807) is 53.7 Å². The Bertz CT molecular complexity index is 998. The van der Waals surface area contributed by atoms with Gasteiger partial charge in [-0.3, -0.25) is 23.8 Å². The van der Waals surface area contributed by atoms with E-state index < -0.39 is 54.1 Å². The molecule has 0 saturated carbocycles. The molecule has 11 heteroatoms. The number of para-hydroxylation sites is 1. The highest BCUT2D eigenvalue weighted by atomic mass is 31.2. The number of anilines is 1. The van der Waals surface area contributed by atoms with Gasteiger partial charge in [0, 0.05) is 14.2 Å². The summed E-state index contributed by atoms with van der Waals surface area (Å²) in [5.41, 5.74) is -3.92. The maximum absolute atomic E-state index is 13.6. The molecule has 1 amide bonds. The Hall–Kier alpha value is -2.55. The predicted molar refractivity (Wildman–Crippen MR) is 119 cm³/mol. The van der Waals surface area contributed by atoms with Crippen molar-refractivity contribution in [3.63, 3.8) is 0 Å². The van der Waals surface area contributed by atoms with Gasteiger partial charge >= 0.3 is 19.5 Å². The lowest BCUT2D eigenvalue weighted by atomic mass is 10.1. The van der Waals surface area contributed by atoms with Crippen LogP contribution in [0.5, 0.6) is 0 Å². The number of rotatable bonds is 7. The minimum atomic E-state index is -4.40. The van der Waals surface area contributed by atoms with Crippen LogP contribution < -0.4 is 4.90 Å². The second-order valence-corrected chi connectivity index (χ2v) is 11.7. The topological polar surface area (TPSA) is 126 Å². The predicted octanol–water partition coefficient (Wildman–Crippen LogP) is 3.12. The van der Waals surface area contributed by atoms with Crippen molar-refractivity contribution >= 4 is 36.9 Å². The van der Waals surface area contributed by atoms with Crippen molar-refractivity contribution in [2.75, 3.05) is 19.1 Å². The standard InChI is InChI=1S/C22H30NO9P/c1-21(2,3)31-19(26)15(23-14-12-10-9-11-13(14)16(24)18(23)25)17(33(28,29-7)30-8)20(27)32-22(4,5)6/h9-12,15,17H,1-8H3. The van der Waals surface area contributed by atoms with E-state index in [9.17, 15) is 23.7 Å². The van der Waals surface area contributed by atoms with Crippen LogP contribution in [0, 0.1) is 0 Å². The van der Waals surface area contributed by atoms with Crippen molar-refractivity contribution < 1.29 is 42.3 Å². The largest absolute Gasteiger partial charge is 0.459 e. The first-order valence-corrected chi connectivity index (χ1v) is 11.8. The van der Waals surface area contributed by atoms with Gasteiger partial charge in [-0.15, -0.1) is 0 Å². The monoisotopic (exact) mass is 483 g/mol. The van der Waals surface area contributed by atoms with Crippen molar-refractivity contribution in [3.05, 3.63) is 29.8 Å². The normalized spacial score (nSPS) is 16.3. The molecule has 1 heterocycles. The first kappa shape index (κ1) is 26.7. The Morgan fingerprint density at radius 3 is 1.85 bits per heavy atom. The number of benzene rings is 1. The molecule has 0 N–H and O–H groups in total. The first-order chi connectivity index (χ1) is 15.1. The highest BCUT2D eigenvalue weighted by Gasteiger charge is 2.57. The fourth-order valence-corrected chi connectivity index (χ4v) is 4.83. The Morgan fingerprint density at radius 2 is 1.36 bits per heavy atom. The Kier molecular flexibility index (Phi) is 7.58. The molecule has 33 heavy (non-hydrogen) atoms. The molecule has 2 rings (SSSR count). The zero-order valence-corrected chi connectivity index (χ0v) is 20.9. The van der Waals surface area contributed by atoms with Gasteiger partial charge in [0.25, 0.3) is 11.7 Å². The summed E-state index contributed by atoms with van der Waals surface area (Å²) in [6.45, 7) is 9.49. The molecule has 0 radical (unpaired) electrons. The summed E-state index contributed by atoms with van der Waals surface area (Å²) in [6.07, 6.45) is 0. The quantitative estimate of drug-likeness (QED) is 0.327. The number of fused-ring (bicyclic) bond motifs is 1. The second kappa shape index (κ2) is 9.37. The van der Waals surface area contributed by atoms with Gasteiger partial charge in [-0.25, -0.2) is 4.79 Å². The summed E-state index contributed by atoms with van der Waals surface area (Å²) in [4.78, 5) is 53.2. The van der Waals surface area contributed by atoms with E-state index in [2.05, 4.69) is 0 Å². The van der Waals surface area contributed by atoms with E-state index in [1.165, 1.54) is 12.1 Å². The summed E-state index contributed by atoms with van der Waals surface area (Å²) in [7, 11) is -2.32. The number of nitrogens with zero attached hydrogens (tertiary/aromatic N) is 1. The van der Waals surface area contributed by atoms with Crippen LogP contribution in [0.3, 0.4) is 0 Å².